The van der Waals surface area contributed by atoms with Crippen molar-refractivity contribution >= 4 is 22.4 Å². The average Bonchev–Trinajstić information content (AvgIpc) is 2.83. The Bertz CT molecular complexity index is 1280. The van der Waals surface area contributed by atoms with Gasteiger partial charge in [0.1, 0.15) is 6.54 Å². The molecule has 32 heavy (non-hydrogen) atoms. The first-order chi connectivity index (χ1) is 15.6. The van der Waals surface area contributed by atoms with E-state index in [-0.39, 0.29) is 18.0 Å². The van der Waals surface area contributed by atoms with Crippen molar-refractivity contribution in [1.82, 2.24) is 14.8 Å². The lowest BCUT2D eigenvalue weighted by molar-refractivity contribution is -0.119. The number of nitrogens with zero attached hydrogens (tertiary/aromatic N) is 4. The molecular formula is C26H26N4O2. The summed E-state index contributed by atoms with van der Waals surface area (Å²) in [5, 5.41) is 5.98. The molecule has 0 N–H and O–H groups in total. The molecule has 0 aliphatic heterocycles. The molecule has 6 heteroatoms. The lowest BCUT2D eigenvalue weighted by Gasteiger charge is -2.22. The average molecular weight is 427 g/mol. The van der Waals surface area contributed by atoms with Crippen LogP contribution in [-0.4, -0.2) is 27.2 Å². The second kappa shape index (κ2) is 9.56. The van der Waals surface area contributed by atoms with Crippen LogP contribution >= 0.6 is 0 Å². The second-order valence-corrected chi connectivity index (χ2v) is 7.65. The number of amides is 1. The molecule has 2 heterocycles. The molecule has 0 spiro atoms. The van der Waals surface area contributed by atoms with Crippen molar-refractivity contribution in [3.05, 3.63) is 100 Å². The van der Waals surface area contributed by atoms with Crippen molar-refractivity contribution in [2.75, 3.05) is 11.4 Å². The topological polar surface area (TPSA) is 68.1 Å². The van der Waals surface area contributed by atoms with E-state index in [9.17, 15) is 9.59 Å². The van der Waals surface area contributed by atoms with Crippen LogP contribution in [0, 0.1) is 0 Å². The van der Waals surface area contributed by atoms with Gasteiger partial charge in [-0.1, -0.05) is 37.3 Å². The van der Waals surface area contributed by atoms with Crippen LogP contribution in [0.2, 0.25) is 0 Å². The van der Waals surface area contributed by atoms with Crippen LogP contribution in [0.3, 0.4) is 0 Å². The van der Waals surface area contributed by atoms with E-state index in [1.807, 2.05) is 61.5 Å². The van der Waals surface area contributed by atoms with Crippen LogP contribution in [0.25, 0.3) is 10.8 Å². The maximum atomic E-state index is 13.2. The predicted molar refractivity (Wildman–Crippen MR) is 127 cm³/mol. The first-order valence-corrected chi connectivity index (χ1v) is 10.9. The van der Waals surface area contributed by atoms with Crippen molar-refractivity contribution < 1.29 is 4.79 Å². The highest BCUT2D eigenvalue weighted by Gasteiger charge is 2.18. The van der Waals surface area contributed by atoms with Gasteiger partial charge in [0.25, 0.3) is 5.56 Å². The predicted octanol–water partition coefficient (Wildman–Crippen LogP) is 4.00. The number of carbonyl (C=O) groups excluding carboxylic acids is 1. The molecule has 0 aliphatic carbocycles. The number of aromatic nitrogens is 3. The number of benzene rings is 2. The van der Waals surface area contributed by atoms with Gasteiger partial charge in [-0.3, -0.25) is 14.6 Å². The van der Waals surface area contributed by atoms with Crippen LogP contribution in [0.4, 0.5) is 5.69 Å². The number of fused-ring (bicyclic) bond motifs is 1. The highest BCUT2D eigenvalue weighted by Crippen LogP contribution is 2.18. The summed E-state index contributed by atoms with van der Waals surface area (Å²) in [5.41, 5.74) is 3.57. The molecule has 0 unspecified atom stereocenters. The molecule has 6 nitrogen and oxygen atoms in total. The van der Waals surface area contributed by atoms with E-state index in [2.05, 4.69) is 17.0 Å². The van der Waals surface area contributed by atoms with Crippen LogP contribution in [0.15, 0.2) is 77.9 Å². The fraction of sp³-hybridized carbons (Fsp3) is 0.231. The zero-order chi connectivity index (χ0) is 22.5. The number of carbonyl (C=O) groups is 1. The van der Waals surface area contributed by atoms with Gasteiger partial charge in [0, 0.05) is 36.4 Å². The third kappa shape index (κ3) is 4.44. The molecule has 0 saturated carbocycles. The summed E-state index contributed by atoms with van der Waals surface area (Å²) >= 11 is 0. The summed E-state index contributed by atoms with van der Waals surface area (Å²) in [6.45, 7) is 4.42. The van der Waals surface area contributed by atoms with Crippen LogP contribution in [-0.2, 0) is 24.2 Å². The Morgan fingerprint density at radius 1 is 0.906 bits per heavy atom. The second-order valence-electron chi connectivity index (χ2n) is 7.65. The number of pyridine rings is 1. The molecule has 0 atom stereocenters. The van der Waals surface area contributed by atoms with E-state index >= 15 is 0 Å². The number of aryl methyl sites for hydroxylation is 1. The van der Waals surface area contributed by atoms with Crippen LogP contribution in [0.5, 0.6) is 0 Å². The standard InChI is InChI=1S/C26H26N4O2/c1-3-19-9-11-21(12-10-19)29(4-2)25(31)18-30-26(32)23-8-6-5-7-22(23)24(28-30)17-20-13-15-27-16-14-20/h5-16H,3-4,17-18H2,1-2H3. The molecule has 1 amide bonds. The van der Waals surface area contributed by atoms with Gasteiger partial charge in [-0.2, -0.15) is 5.10 Å². The minimum absolute atomic E-state index is 0.115. The van der Waals surface area contributed by atoms with E-state index in [4.69, 9.17) is 0 Å². The Kier molecular flexibility index (Phi) is 6.40. The third-order valence-electron chi connectivity index (χ3n) is 5.62. The number of rotatable bonds is 7. The quantitative estimate of drug-likeness (QED) is 0.448. The molecule has 4 aromatic rings. The molecule has 4 rings (SSSR count). The van der Waals surface area contributed by atoms with Crippen molar-refractivity contribution in [3.8, 4) is 0 Å². The smallest absolute Gasteiger partial charge is 0.275 e. The summed E-state index contributed by atoms with van der Waals surface area (Å²) in [6.07, 6.45) is 4.96. The Labute approximate surface area is 187 Å². The van der Waals surface area contributed by atoms with E-state index in [0.29, 0.717) is 18.4 Å². The van der Waals surface area contributed by atoms with Gasteiger partial charge in [-0.15, -0.1) is 0 Å². The van der Waals surface area contributed by atoms with Gasteiger partial charge in [0.15, 0.2) is 0 Å². The summed E-state index contributed by atoms with van der Waals surface area (Å²) in [5.74, 6) is -0.170. The fourth-order valence-corrected chi connectivity index (χ4v) is 3.87. The van der Waals surface area contributed by atoms with E-state index in [1.165, 1.54) is 10.2 Å². The first-order valence-electron chi connectivity index (χ1n) is 10.9. The Balaban J connectivity index is 1.69. The largest absolute Gasteiger partial charge is 0.311 e. The van der Waals surface area contributed by atoms with E-state index < -0.39 is 0 Å². The first kappa shape index (κ1) is 21.4. The van der Waals surface area contributed by atoms with Gasteiger partial charge in [0.05, 0.1) is 11.1 Å². The summed E-state index contributed by atoms with van der Waals surface area (Å²) in [6, 6.07) is 19.2. The van der Waals surface area contributed by atoms with Gasteiger partial charge in [-0.05, 0) is 54.8 Å². The molecule has 0 fully saturated rings. The van der Waals surface area contributed by atoms with Gasteiger partial charge >= 0.3 is 0 Å². The van der Waals surface area contributed by atoms with Gasteiger partial charge in [0.2, 0.25) is 5.91 Å². The number of hydrogen-bond acceptors (Lipinski definition) is 4. The van der Waals surface area contributed by atoms with Gasteiger partial charge in [-0.25, -0.2) is 4.68 Å². The zero-order valence-electron chi connectivity index (χ0n) is 18.4. The lowest BCUT2D eigenvalue weighted by Crippen LogP contribution is -2.37. The maximum Gasteiger partial charge on any atom is 0.275 e. The Morgan fingerprint density at radius 3 is 2.25 bits per heavy atom. The molecule has 2 aromatic carbocycles. The third-order valence-corrected chi connectivity index (χ3v) is 5.62. The molecule has 162 valence electrons. The van der Waals surface area contributed by atoms with Crippen molar-refractivity contribution in [2.24, 2.45) is 0 Å². The Hall–Kier alpha value is -3.80. The highest BCUT2D eigenvalue weighted by molar-refractivity contribution is 5.93. The highest BCUT2D eigenvalue weighted by atomic mass is 16.2. The monoisotopic (exact) mass is 426 g/mol. The molecule has 0 saturated heterocycles. The summed E-state index contributed by atoms with van der Waals surface area (Å²) in [4.78, 5) is 32.0. The molecule has 0 radical (unpaired) electrons. The van der Waals surface area contributed by atoms with Crippen LogP contribution in [0.1, 0.15) is 30.7 Å². The van der Waals surface area contributed by atoms with Crippen molar-refractivity contribution in [1.29, 1.82) is 0 Å². The number of hydrogen-bond donors (Lipinski definition) is 0. The van der Waals surface area contributed by atoms with Crippen molar-refractivity contribution in [3.63, 3.8) is 0 Å². The molecule has 2 aromatic heterocycles. The molecule has 0 bridgehead atoms. The zero-order valence-corrected chi connectivity index (χ0v) is 18.4. The SMILES string of the molecule is CCc1ccc(N(CC)C(=O)Cn2nc(Cc3ccncc3)c3ccccc3c2=O)cc1. The summed E-state index contributed by atoms with van der Waals surface area (Å²) in [7, 11) is 0. The Morgan fingerprint density at radius 2 is 1.59 bits per heavy atom. The summed E-state index contributed by atoms with van der Waals surface area (Å²) < 4.78 is 1.30. The van der Waals surface area contributed by atoms with Crippen LogP contribution < -0.4 is 10.5 Å². The normalized spacial score (nSPS) is 10.9. The minimum atomic E-state index is -0.259. The molecule has 0 aliphatic rings. The lowest BCUT2D eigenvalue weighted by atomic mass is 10.1. The molecular weight excluding hydrogens is 400 g/mol. The fourth-order valence-electron chi connectivity index (χ4n) is 3.87. The minimum Gasteiger partial charge on any atom is -0.311 e. The number of anilines is 1. The van der Waals surface area contributed by atoms with Crippen molar-refractivity contribution in [2.45, 2.75) is 33.2 Å². The maximum absolute atomic E-state index is 13.2. The van der Waals surface area contributed by atoms with E-state index in [1.54, 1.807) is 23.4 Å². The number of likely N-dealkylation sites (N-methyl/N-ethyl adjacent to an activating group) is 1. The van der Waals surface area contributed by atoms with E-state index in [0.717, 1.165) is 28.8 Å². The van der Waals surface area contributed by atoms with Gasteiger partial charge < -0.3 is 4.90 Å².